The Morgan fingerprint density at radius 3 is 2.53 bits per heavy atom. The van der Waals surface area contributed by atoms with E-state index in [0.29, 0.717) is 17.8 Å². The molecule has 19 heavy (non-hydrogen) atoms. The lowest BCUT2D eigenvalue weighted by Gasteiger charge is -2.12. The van der Waals surface area contributed by atoms with Gasteiger partial charge < -0.3 is 16.4 Å². The first-order valence-electron chi connectivity index (χ1n) is 5.91. The molecule has 0 fully saturated rings. The van der Waals surface area contributed by atoms with Crippen molar-refractivity contribution in [2.75, 3.05) is 11.9 Å². The van der Waals surface area contributed by atoms with Gasteiger partial charge in [-0.05, 0) is 38.5 Å². The number of amides is 2. The highest BCUT2D eigenvalue weighted by molar-refractivity contribution is 5.98. The molecule has 6 heteroatoms. The molecule has 0 aliphatic carbocycles. The zero-order valence-corrected chi connectivity index (χ0v) is 12.1. The molecule has 0 aliphatic rings. The van der Waals surface area contributed by atoms with Crippen molar-refractivity contribution in [2.24, 2.45) is 5.73 Å². The van der Waals surface area contributed by atoms with E-state index in [2.05, 4.69) is 10.6 Å². The molecule has 0 saturated carbocycles. The van der Waals surface area contributed by atoms with Gasteiger partial charge in [-0.3, -0.25) is 9.59 Å². The third-order valence-electron chi connectivity index (χ3n) is 2.51. The van der Waals surface area contributed by atoms with Crippen LogP contribution in [0.15, 0.2) is 18.2 Å². The summed E-state index contributed by atoms with van der Waals surface area (Å²) in [5.74, 6) is -0.431. The number of aryl methyl sites for hydroxylation is 1. The summed E-state index contributed by atoms with van der Waals surface area (Å²) in [5.41, 5.74) is 7.50. The minimum atomic E-state index is -0.586. The Morgan fingerprint density at radius 2 is 2.00 bits per heavy atom. The Hall–Kier alpha value is -1.59. The van der Waals surface area contributed by atoms with E-state index < -0.39 is 6.04 Å². The molecule has 1 rings (SSSR count). The van der Waals surface area contributed by atoms with E-state index in [1.54, 1.807) is 25.1 Å². The minimum absolute atomic E-state index is 0. The molecule has 0 aromatic heterocycles. The van der Waals surface area contributed by atoms with Crippen LogP contribution in [-0.2, 0) is 4.79 Å². The third-order valence-corrected chi connectivity index (χ3v) is 2.51. The second kappa shape index (κ2) is 7.76. The number of hydrogen-bond acceptors (Lipinski definition) is 3. The van der Waals surface area contributed by atoms with Crippen molar-refractivity contribution >= 4 is 29.9 Å². The van der Waals surface area contributed by atoms with Gasteiger partial charge >= 0.3 is 0 Å². The van der Waals surface area contributed by atoms with Crippen LogP contribution < -0.4 is 16.4 Å². The van der Waals surface area contributed by atoms with Crippen LogP contribution in [-0.4, -0.2) is 24.4 Å². The first kappa shape index (κ1) is 17.4. The van der Waals surface area contributed by atoms with Crippen LogP contribution in [0.25, 0.3) is 0 Å². The molecular formula is C13H20ClN3O2. The highest BCUT2D eigenvalue weighted by atomic mass is 35.5. The lowest BCUT2D eigenvalue weighted by molar-refractivity contribution is -0.117. The van der Waals surface area contributed by atoms with Crippen LogP contribution in [0.3, 0.4) is 0 Å². The predicted octanol–water partition coefficient (Wildman–Crippen LogP) is 1.45. The molecule has 0 spiro atoms. The van der Waals surface area contributed by atoms with Crippen LogP contribution in [0.1, 0.15) is 29.8 Å². The summed E-state index contributed by atoms with van der Waals surface area (Å²) < 4.78 is 0. The fourth-order valence-corrected chi connectivity index (χ4v) is 1.41. The molecule has 0 aliphatic heterocycles. The van der Waals surface area contributed by atoms with Crippen molar-refractivity contribution in [3.05, 3.63) is 29.3 Å². The van der Waals surface area contributed by atoms with Crippen LogP contribution >= 0.6 is 12.4 Å². The second-order valence-corrected chi connectivity index (χ2v) is 4.17. The average molecular weight is 286 g/mol. The van der Waals surface area contributed by atoms with E-state index in [4.69, 9.17) is 5.73 Å². The highest BCUT2D eigenvalue weighted by Gasteiger charge is 2.11. The first-order valence-corrected chi connectivity index (χ1v) is 5.91. The lowest BCUT2D eigenvalue weighted by atomic mass is 10.1. The summed E-state index contributed by atoms with van der Waals surface area (Å²) in [7, 11) is 0. The fourth-order valence-electron chi connectivity index (χ4n) is 1.41. The lowest BCUT2D eigenvalue weighted by Crippen LogP contribution is -2.32. The molecule has 0 radical (unpaired) electrons. The van der Waals surface area contributed by atoms with Gasteiger partial charge in [0.15, 0.2) is 0 Å². The van der Waals surface area contributed by atoms with Crippen LogP contribution in [0.4, 0.5) is 5.69 Å². The fraction of sp³-hybridized carbons (Fsp3) is 0.385. The number of carbonyl (C=O) groups is 2. The Balaban J connectivity index is 0.00000324. The molecule has 0 bridgehead atoms. The highest BCUT2D eigenvalue weighted by Crippen LogP contribution is 2.17. The normalized spacial score (nSPS) is 11.2. The van der Waals surface area contributed by atoms with Crippen LogP contribution in [0.2, 0.25) is 0 Å². The SMILES string of the molecule is CCNC(=O)c1ccc(C)c(NC(=O)C(C)N)c1.Cl. The van der Waals surface area contributed by atoms with Gasteiger partial charge in [0.1, 0.15) is 0 Å². The molecule has 4 N–H and O–H groups in total. The predicted molar refractivity (Wildman–Crippen MR) is 78.7 cm³/mol. The third kappa shape index (κ3) is 4.89. The van der Waals surface area contributed by atoms with Gasteiger partial charge in [-0.15, -0.1) is 12.4 Å². The number of nitrogens with one attached hydrogen (secondary N) is 2. The number of benzene rings is 1. The molecule has 5 nitrogen and oxygen atoms in total. The van der Waals surface area contributed by atoms with Gasteiger partial charge in [0.2, 0.25) is 5.91 Å². The maximum atomic E-state index is 11.7. The quantitative estimate of drug-likeness (QED) is 0.783. The number of halogens is 1. The van der Waals surface area contributed by atoms with E-state index in [1.165, 1.54) is 0 Å². The second-order valence-electron chi connectivity index (χ2n) is 4.17. The molecule has 0 heterocycles. The van der Waals surface area contributed by atoms with Crippen molar-refractivity contribution in [2.45, 2.75) is 26.8 Å². The summed E-state index contributed by atoms with van der Waals surface area (Å²) >= 11 is 0. The topological polar surface area (TPSA) is 84.2 Å². The monoisotopic (exact) mass is 285 g/mol. The van der Waals surface area contributed by atoms with E-state index in [1.807, 2.05) is 13.8 Å². The first-order chi connectivity index (χ1) is 8.45. The molecule has 1 atom stereocenters. The summed E-state index contributed by atoms with van der Waals surface area (Å²) in [4.78, 5) is 23.2. The van der Waals surface area contributed by atoms with Crippen molar-refractivity contribution in [3.8, 4) is 0 Å². The van der Waals surface area contributed by atoms with Gasteiger partial charge in [0, 0.05) is 17.8 Å². The van der Waals surface area contributed by atoms with Gasteiger partial charge in [0.05, 0.1) is 6.04 Å². The van der Waals surface area contributed by atoms with E-state index in [9.17, 15) is 9.59 Å². The van der Waals surface area contributed by atoms with Gasteiger partial charge in [0.25, 0.3) is 5.91 Å². The van der Waals surface area contributed by atoms with Crippen molar-refractivity contribution in [1.29, 1.82) is 0 Å². The van der Waals surface area contributed by atoms with Gasteiger partial charge in [-0.1, -0.05) is 6.07 Å². The molecule has 2 amide bonds. The van der Waals surface area contributed by atoms with Crippen LogP contribution in [0, 0.1) is 6.92 Å². The summed E-state index contributed by atoms with van der Waals surface area (Å²) in [6.07, 6.45) is 0. The largest absolute Gasteiger partial charge is 0.352 e. The maximum Gasteiger partial charge on any atom is 0.251 e. The molecule has 1 aromatic carbocycles. The summed E-state index contributed by atoms with van der Waals surface area (Å²) in [6.45, 7) is 5.88. The smallest absolute Gasteiger partial charge is 0.251 e. The Bertz CT molecular complexity index is 461. The molecule has 106 valence electrons. The Kier molecular flexibility index (Phi) is 7.11. The molecule has 1 aromatic rings. The standard InChI is InChI=1S/C13H19N3O2.ClH/c1-4-15-13(18)10-6-5-8(2)11(7-10)16-12(17)9(3)14;/h5-7,9H,4,14H2,1-3H3,(H,15,18)(H,16,17);1H. The zero-order chi connectivity index (χ0) is 13.7. The number of nitrogens with two attached hydrogens (primary N) is 1. The Morgan fingerprint density at radius 1 is 1.37 bits per heavy atom. The number of carbonyl (C=O) groups excluding carboxylic acids is 2. The van der Waals surface area contributed by atoms with Gasteiger partial charge in [-0.2, -0.15) is 0 Å². The van der Waals surface area contributed by atoms with E-state index >= 15 is 0 Å². The molecule has 0 saturated heterocycles. The number of rotatable bonds is 4. The number of hydrogen-bond donors (Lipinski definition) is 3. The van der Waals surface area contributed by atoms with E-state index in [-0.39, 0.29) is 24.2 Å². The summed E-state index contributed by atoms with van der Waals surface area (Å²) in [5, 5.41) is 5.41. The van der Waals surface area contributed by atoms with Crippen molar-refractivity contribution < 1.29 is 9.59 Å². The minimum Gasteiger partial charge on any atom is -0.352 e. The average Bonchev–Trinajstić information content (AvgIpc) is 2.31. The van der Waals surface area contributed by atoms with Gasteiger partial charge in [-0.25, -0.2) is 0 Å². The zero-order valence-electron chi connectivity index (χ0n) is 11.3. The summed E-state index contributed by atoms with van der Waals surface area (Å²) in [6, 6.07) is 4.58. The maximum absolute atomic E-state index is 11.7. The van der Waals surface area contributed by atoms with Crippen LogP contribution in [0.5, 0.6) is 0 Å². The van der Waals surface area contributed by atoms with E-state index in [0.717, 1.165) is 5.56 Å². The Labute approximate surface area is 119 Å². The number of anilines is 1. The molecular weight excluding hydrogens is 266 g/mol. The van der Waals surface area contributed by atoms with Crippen molar-refractivity contribution in [3.63, 3.8) is 0 Å². The van der Waals surface area contributed by atoms with Crippen molar-refractivity contribution in [1.82, 2.24) is 5.32 Å². The molecule has 1 unspecified atom stereocenters.